The van der Waals surface area contributed by atoms with Crippen LogP contribution in [-0.2, 0) is 0 Å². The van der Waals surface area contributed by atoms with E-state index in [1.165, 1.54) is 12.3 Å². The van der Waals surface area contributed by atoms with Gasteiger partial charge in [0.1, 0.15) is 15.2 Å². The molecule has 0 spiro atoms. The molecule has 0 aliphatic heterocycles. The van der Waals surface area contributed by atoms with E-state index in [1.807, 2.05) is 6.92 Å². The van der Waals surface area contributed by atoms with E-state index in [4.69, 9.17) is 9.84 Å². The van der Waals surface area contributed by atoms with Gasteiger partial charge in [-0.15, -0.1) is 11.3 Å². The number of aromatic carboxylic acids is 1. The van der Waals surface area contributed by atoms with Crippen LogP contribution in [-0.4, -0.2) is 27.7 Å². The van der Waals surface area contributed by atoms with Crippen LogP contribution in [0, 0.1) is 0 Å². The van der Waals surface area contributed by atoms with Gasteiger partial charge in [-0.25, -0.2) is 14.8 Å². The van der Waals surface area contributed by atoms with Gasteiger partial charge in [0.2, 0.25) is 5.88 Å². The number of nitrogens with zero attached hydrogens (tertiary/aromatic N) is 2. The summed E-state index contributed by atoms with van der Waals surface area (Å²) in [5, 5.41) is 8.78. The Labute approximate surface area is 89.4 Å². The van der Waals surface area contributed by atoms with Crippen LogP contribution in [0.4, 0.5) is 0 Å². The van der Waals surface area contributed by atoms with Gasteiger partial charge < -0.3 is 9.84 Å². The Bertz CT molecular complexity index is 509. The Balaban J connectivity index is 2.47. The fourth-order valence-electron chi connectivity index (χ4n) is 1.13. The summed E-state index contributed by atoms with van der Waals surface area (Å²) in [5.74, 6) is -0.544. The minimum atomic E-state index is -0.960. The van der Waals surface area contributed by atoms with Crippen molar-refractivity contribution in [1.82, 2.24) is 9.97 Å². The second kappa shape index (κ2) is 3.82. The zero-order valence-corrected chi connectivity index (χ0v) is 8.74. The van der Waals surface area contributed by atoms with E-state index in [0.717, 1.165) is 11.3 Å². The first-order valence-corrected chi connectivity index (χ1v) is 5.15. The van der Waals surface area contributed by atoms with Gasteiger partial charge in [-0.3, -0.25) is 0 Å². The number of hydrogen-bond donors (Lipinski definition) is 1. The van der Waals surface area contributed by atoms with Crippen molar-refractivity contribution < 1.29 is 14.6 Å². The van der Waals surface area contributed by atoms with Crippen LogP contribution in [0.3, 0.4) is 0 Å². The quantitative estimate of drug-likeness (QED) is 0.860. The molecule has 0 bridgehead atoms. The Morgan fingerprint density at radius 3 is 3.13 bits per heavy atom. The monoisotopic (exact) mass is 224 g/mol. The highest BCUT2D eigenvalue weighted by Gasteiger charge is 2.10. The van der Waals surface area contributed by atoms with E-state index in [9.17, 15) is 4.79 Å². The molecule has 0 amide bonds. The molecule has 1 N–H and O–H groups in total. The van der Waals surface area contributed by atoms with Crippen molar-refractivity contribution >= 4 is 27.7 Å². The normalized spacial score (nSPS) is 10.5. The Morgan fingerprint density at radius 1 is 1.67 bits per heavy atom. The second-order valence-electron chi connectivity index (χ2n) is 2.75. The lowest BCUT2D eigenvalue weighted by Gasteiger charge is -1.99. The van der Waals surface area contributed by atoms with Crippen molar-refractivity contribution in [3.63, 3.8) is 0 Å². The molecule has 15 heavy (non-hydrogen) atoms. The number of hydrogen-bond acceptors (Lipinski definition) is 5. The zero-order chi connectivity index (χ0) is 10.8. The van der Waals surface area contributed by atoms with Crippen LogP contribution in [0.15, 0.2) is 12.3 Å². The van der Waals surface area contributed by atoms with Crippen molar-refractivity contribution in [1.29, 1.82) is 0 Å². The maximum atomic E-state index is 10.7. The third-order valence-electron chi connectivity index (χ3n) is 1.72. The number of rotatable bonds is 3. The van der Waals surface area contributed by atoms with Gasteiger partial charge >= 0.3 is 5.97 Å². The maximum absolute atomic E-state index is 10.7. The summed E-state index contributed by atoms with van der Waals surface area (Å²) in [6.07, 6.45) is 1.49. The van der Waals surface area contributed by atoms with Gasteiger partial charge in [-0.05, 0) is 13.0 Å². The number of carboxylic acid groups (broad SMARTS) is 1. The predicted molar refractivity (Wildman–Crippen MR) is 55.5 cm³/mol. The highest BCUT2D eigenvalue weighted by Crippen LogP contribution is 2.23. The maximum Gasteiger partial charge on any atom is 0.346 e. The number of aromatic nitrogens is 2. The molecular formula is C9H8N2O3S. The van der Waals surface area contributed by atoms with Gasteiger partial charge in [0.15, 0.2) is 0 Å². The van der Waals surface area contributed by atoms with Crippen LogP contribution >= 0.6 is 11.3 Å². The van der Waals surface area contributed by atoms with Gasteiger partial charge in [0.05, 0.1) is 12.8 Å². The summed E-state index contributed by atoms with van der Waals surface area (Å²) < 4.78 is 5.17. The molecule has 2 aromatic rings. The molecule has 0 radical (unpaired) electrons. The molecule has 0 saturated heterocycles. The summed E-state index contributed by atoms with van der Waals surface area (Å²) in [6.45, 7) is 2.36. The summed E-state index contributed by atoms with van der Waals surface area (Å²) >= 11 is 1.10. The van der Waals surface area contributed by atoms with Crippen LogP contribution in [0.2, 0.25) is 0 Å². The fourth-order valence-corrected chi connectivity index (χ4v) is 1.91. The van der Waals surface area contributed by atoms with E-state index in [2.05, 4.69) is 9.97 Å². The van der Waals surface area contributed by atoms with E-state index >= 15 is 0 Å². The van der Waals surface area contributed by atoms with Gasteiger partial charge in [-0.1, -0.05) is 0 Å². The first-order valence-electron chi connectivity index (χ1n) is 4.33. The molecule has 0 saturated carbocycles. The lowest BCUT2D eigenvalue weighted by Crippen LogP contribution is -1.94. The molecule has 5 nitrogen and oxygen atoms in total. The summed E-state index contributed by atoms with van der Waals surface area (Å²) in [6, 6.07) is 1.50. The zero-order valence-electron chi connectivity index (χ0n) is 7.93. The predicted octanol–water partition coefficient (Wildman–Crippen LogP) is 1.79. The summed E-state index contributed by atoms with van der Waals surface area (Å²) in [5.41, 5.74) is 0.559. The van der Waals surface area contributed by atoms with E-state index < -0.39 is 5.97 Å². The average molecular weight is 224 g/mol. The van der Waals surface area contributed by atoms with E-state index in [-0.39, 0.29) is 4.88 Å². The molecular weight excluding hydrogens is 216 g/mol. The van der Waals surface area contributed by atoms with Crippen molar-refractivity contribution in [3.05, 3.63) is 17.1 Å². The number of thiophene rings is 1. The summed E-state index contributed by atoms with van der Waals surface area (Å²) in [4.78, 5) is 19.7. The highest BCUT2D eigenvalue weighted by atomic mass is 32.1. The van der Waals surface area contributed by atoms with Crippen molar-refractivity contribution in [2.24, 2.45) is 0 Å². The van der Waals surface area contributed by atoms with E-state index in [1.54, 1.807) is 0 Å². The van der Waals surface area contributed by atoms with Gasteiger partial charge in [-0.2, -0.15) is 0 Å². The van der Waals surface area contributed by atoms with Crippen molar-refractivity contribution in [3.8, 4) is 5.88 Å². The molecule has 0 aromatic carbocycles. The minimum Gasteiger partial charge on any atom is -0.477 e. The first-order chi connectivity index (χ1) is 7.20. The largest absolute Gasteiger partial charge is 0.477 e. The molecule has 78 valence electrons. The molecule has 6 heteroatoms. The Hall–Kier alpha value is -1.69. The Kier molecular flexibility index (Phi) is 2.51. The Morgan fingerprint density at radius 2 is 2.47 bits per heavy atom. The smallest absolute Gasteiger partial charge is 0.346 e. The molecule has 2 heterocycles. The standard InChI is InChI=1S/C9H8N2O3S/c1-2-14-7-4-10-8-5(11-7)3-6(15-8)9(12)13/h3-4H,2H2,1H3,(H,12,13). The molecule has 2 aromatic heterocycles. The first kappa shape index (κ1) is 9.85. The lowest BCUT2D eigenvalue weighted by molar-refractivity contribution is 0.0702. The number of ether oxygens (including phenoxy) is 1. The third kappa shape index (κ3) is 1.89. The molecule has 0 fully saturated rings. The SMILES string of the molecule is CCOc1cnc2sc(C(=O)O)cc2n1. The minimum absolute atomic E-state index is 0.235. The second-order valence-corrected chi connectivity index (χ2v) is 3.78. The van der Waals surface area contributed by atoms with Crippen molar-refractivity contribution in [2.45, 2.75) is 6.92 Å². The van der Waals surface area contributed by atoms with Crippen LogP contribution in [0.25, 0.3) is 10.3 Å². The average Bonchev–Trinajstić information content (AvgIpc) is 2.61. The van der Waals surface area contributed by atoms with Crippen LogP contribution < -0.4 is 4.74 Å². The molecule has 0 aliphatic carbocycles. The topological polar surface area (TPSA) is 72.3 Å². The molecule has 2 rings (SSSR count). The molecule has 0 atom stereocenters. The summed E-state index contributed by atoms with van der Waals surface area (Å²) in [7, 11) is 0. The van der Waals surface area contributed by atoms with Gasteiger partial charge in [0.25, 0.3) is 0 Å². The lowest BCUT2D eigenvalue weighted by atomic mass is 10.4. The van der Waals surface area contributed by atoms with Gasteiger partial charge in [0, 0.05) is 0 Å². The van der Waals surface area contributed by atoms with Crippen molar-refractivity contribution in [2.75, 3.05) is 6.61 Å². The molecule has 0 unspecified atom stereocenters. The molecule has 0 aliphatic rings. The number of carboxylic acids is 1. The highest BCUT2D eigenvalue weighted by molar-refractivity contribution is 7.20. The van der Waals surface area contributed by atoms with Crippen LogP contribution in [0.5, 0.6) is 5.88 Å². The van der Waals surface area contributed by atoms with E-state index in [0.29, 0.717) is 22.8 Å². The third-order valence-corrected chi connectivity index (χ3v) is 2.74. The number of carbonyl (C=O) groups is 1. The van der Waals surface area contributed by atoms with Crippen LogP contribution in [0.1, 0.15) is 16.6 Å². The number of fused-ring (bicyclic) bond motifs is 1. The fraction of sp³-hybridized carbons (Fsp3) is 0.222.